The fourth-order valence-electron chi connectivity index (χ4n) is 1.95. The summed E-state index contributed by atoms with van der Waals surface area (Å²) in [5, 5.41) is 0. The third kappa shape index (κ3) is 31.9. The monoisotopic (exact) mass is 270 g/mol. The molecule has 0 aliphatic carbocycles. The molecule has 0 radical (unpaired) electrons. The van der Waals surface area contributed by atoms with Crippen molar-refractivity contribution < 1.29 is 0 Å². The van der Waals surface area contributed by atoms with Gasteiger partial charge in [0.1, 0.15) is 0 Å². The molecule has 0 N–H and O–H groups in total. The Hall–Kier alpha value is -0.260. The van der Waals surface area contributed by atoms with Crippen LogP contribution in [0.25, 0.3) is 0 Å². The van der Waals surface area contributed by atoms with Crippen molar-refractivity contribution in [1.82, 2.24) is 0 Å². The minimum absolute atomic E-state index is 1.21. The minimum atomic E-state index is 1.21. The first-order chi connectivity index (χ1) is 9.41. The highest BCUT2D eigenvalue weighted by molar-refractivity contribution is 4.65. The quantitative estimate of drug-likeness (QED) is 0.249. The second-order valence-electron chi connectivity index (χ2n) is 4.61. The van der Waals surface area contributed by atoms with Gasteiger partial charge < -0.3 is 0 Å². The van der Waals surface area contributed by atoms with Crippen molar-refractivity contribution in [1.29, 1.82) is 0 Å². The molecule has 0 saturated heterocycles. The van der Waals surface area contributed by atoms with E-state index in [0.717, 1.165) is 0 Å². The van der Waals surface area contributed by atoms with Crippen molar-refractivity contribution in [3.05, 3.63) is 12.7 Å². The molecule has 0 spiro atoms. The lowest BCUT2D eigenvalue weighted by atomic mass is 10.1. The molecule has 0 aromatic carbocycles. The number of hydrogen-bond acceptors (Lipinski definition) is 0. The Bertz CT molecular complexity index is 115. The lowest BCUT2D eigenvalue weighted by Gasteiger charge is -2.01. The first kappa shape index (κ1) is 23.8. The first-order valence-electron chi connectivity index (χ1n) is 9.02. The van der Waals surface area contributed by atoms with E-state index in [0.29, 0.717) is 0 Å². The van der Waals surface area contributed by atoms with Crippen LogP contribution in [0.3, 0.4) is 0 Å². The van der Waals surface area contributed by atoms with Crippen LogP contribution in [0.4, 0.5) is 0 Å². The molecule has 0 fully saturated rings. The molecule has 0 aliphatic rings. The van der Waals surface area contributed by atoms with E-state index in [4.69, 9.17) is 0 Å². The number of hydrogen-bond donors (Lipinski definition) is 0. The molecule has 0 saturated carbocycles. The van der Waals surface area contributed by atoms with E-state index in [1.165, 1.54) is 77.0 Å². The molecular formula is C19H42. The minimum Gasteiger partial charge on any atom is -0.103 e. The van der Waals surface area contributed by atoms with Crippen LogP contribution in [0, 0.1) is 0 Å². The van der Waals surface area contributed by atoms with Crippen LogP contribution in [-0.4, -0.2) is 0 Å². The van der Waals surface area contributed by atoms with E-state index in [2.05, 4.69) is 13.5 Å². The zero-order chi connectivity index (χ0) is 15.2. The molecule has 0 bridgehead atoms. The van der Waals surface area contributed by atoms with Crippen LogP contribution < -0.4 is 0 Å². The second kappa shape index (κ2) is 30.6. The maximum atomic E-state index is 3.74. The number of rotatable bonds is 12. The Morgan fingerprint density at radius 3 is 1.21 bits per heavy atom. The Balaban J connectivity index is -0.000000579. The molecule has 0 amide bonds. The van der Waals surface area contributed by atoms with Crippen LogP contribution in [0.5, 0.6) is 0 Å². The van der Waals surface area contributed by atoms with Crippen LogP contribution in [0.1, 0.15) is 112 Å². The summed E-state index contributed by atoms with van der Waals surface area (Å²) in [6.45, 7) is 14.0. The van der Waals surface area contributed by atoms with E-state index in [1.807, 2.05) is 33.8 Å². The smallest absolute Gasteiger partial charge is 0.0353 e. The highest BCUT2D eigenvalue weighted by Crippen LogP contribution is 2.11. The molecule has 118 valence electrons. The maximum absolute atomic E-state index is 3.74. The summed E-state index contributed by atoms with van der Waals surface area (Å²) in [4.78, 5) is 0. The van der Waals surface area contributed by atoms with Crippen LogP contribution in [0.15, 0.2) is 12.7 Å². The Morgan fingerprint density at radius 1 is 0.579 bits per heavy atom. The fourth-order valence-corrected chi connectivity index (χ4v) is 1.95. The van der Waals surface area contributed by atoms with Gasteiger partial charge in [-0.2, -0.15) is 0 Å². The molecule has 0 unspecified atom stereocenters. The van der Waals surface area contributed by atoms with Gasteiger partial charge in [-0.25, -0.2) is 0 Å². The van der Waals surface area contributed by atoms with Gasteiger partial charge in [-0.05, 0) is 12.8 Å². The second-order valence-corrected chi connectivity index (χ2v) is 4.61. The number of allylic oxidation sites excluding steroid dienone is 1. The molecule has 0 rings (SSSR count). The van der Waals surface area contributed by atoms with E-state index in [-0.39, 0.29) is 0 Å². The van der Waals surface area contributed by atoms with E-state index in [9.17, 15) is 0 Å². The first-order valence-corrected chi connectivity index (χ1v) is 9.02. The zero-order valence-corrected chi connectivity index (χ0v) is 14.8. The van der Waals surface area contributed by atoms with Crippen LogP contribution in [0.2, 0.25) is 0 Å². The van der Waals surface area contributed by atoms with E-state index in [1.54, 1.807) is 0 Å². The summed E-state index contributed by atoms with van der Waals surface area (Å²) in [5.41, 5.74) is 0. The topological polar surface area (TPSA) is 0 Å². The standard InChI is InChI=1S/C15H30.2C2H6/c1-3-5-7-9-11-13-15-14-12-10-8-6-4-2;2*1-2/h3H,1,4-15H2,2H3;2*1-2H3. The SMILES string of the molecule is C=CCCCCCCCCCCCCC.CC.CC. The third-order valence-electron chi connectivity index (χ3n) is 3.01. The zero-order valence-electron chi connectivity index (χ0n) is 14.8. The average Bonchev–Trinajstić information content (AvgIpc) is 2.49. The van der Waals surface area contributed by atoms with Crippen molar-refractivity contribution in [3.63, 3.8) is 0 Å². The third-order valence-corrected chi connectivity index (χ3v) is 3.01. The largest absolute Gasteiger partial charge is 0.103 e. The summed E-state index contributed by atoms with van der Waals surface area (Å²) in [6.07, 6.45) is 19.0. The van der Waals surface area contributed by atoms with Crippen molar-refractivity contribution in [2.24, 2.45) is 0 Å². The van der Waals surface area contributed by atoms with Crippen molar-refractivity contribution in [2.75, 3.05) is 0 Å². The van der Waals surface area contributed by atoms with Gasteiger partial charge in [0.2, 0.25) is 0 Å². The van der Waals surface area contributed by atoms with Crippen molar-refractivity contribution >= 4 is 0 Å². The molecule has 19 heavy (non-hydrogen) atoms. The summed E-state index contributed by atoms with van der Waals surface area (Å²) in [7, 11) is 0. The van der Waals surface area contributed by atoms with Gasteiger partial charge in [-0.15, -0.1) is 6.58 Å². The van der Waals surface area contributed by atoms with Gasteiger partial charge >= 0.3 is 0 Å². The predicted octanol–water partition coefficient (Wildman–Crippen LogP) is 7.93. The van der Waals surface area contributed by atoms with Crippen molar-refractivity contribution in [3.8, 4) is 0 Å². The Morgan fingerprint density at radius 2 is 0.895 bits per heavy atom. The molecule has 0 aromatic rings. The van der Waals surface area contributed by atoms with Gasteiger partial charge in [0.05, 0.1) is 0 Å². The molecule has 0 heterocycles. The molecule has 0 aromatic heterocycles. The predicted molar refractivity (Wildman–Crippen MR) is 94.0 cm³/mol. The number of unbranched alkanes of at least 4 members (excludes halogenated alkanes) is 11. The van der Waals surface area contributed by atoms with Gasteiger partial charge in [0.15, 0.2) is 0 Å². The average molecular weight is 271 g/mol. The normalized spacial score (nSPS) is 8.89. The summed E-state index contributed by atoms with van der Waals surface area (Å²) >= 11 is 0. The fraction of sp³-hybridized carbons (Fsp3) is 0.895. The molecule has 0 aliphatic heterocycles. The molecular weight excluding hydrogens is 228 g/mol. The Kier molecular flexibility index (Phi) is 38.4. The summed E-state index contributed by atoms with van der Waals surface area (Å²) in [5.74, 6) is 0. The van der Waals surface area contributed by atoms with Gasteiger partial charge in [0, 0.05) is 0 Å². The van der Waals surface area contributed by atoms with Crippen LogP contribution >= 0.6 is 0 Å². The van der Waals surface area contributed by atoms with Crippen molar-refractivity contribution in [2.45, 2.75) is 112 Å². The molecule has 0 heteroatoms. The summed E-state index contributed by atoms with van der Waals surface area (Å²) < 4.78 is 0. The summed E-state index contributed by atoms with van der Waals surface area (Å²) in [6, 6.07) is 0. The van der Waals surface area contributed by atoms with Gasteiger partial charge in [-0.1, -0.05) is 105 Å². The van der Waals surface area contributed by atoms with Crippen LogP contribution in [-0.2, 0) is 0 Å². The Labute approximate surface area is 125 Å². The highest BCUT2D eigenvalue weighted by atomic mass is 14.0. The van der Waals surface area contributed by atoms with E-state index >= 15 is 0 Å². The molecule has 0 atom stereocenters. The molecule has 0 nitrogen and oxygen atoms in total. The lowest BCUT2D eigenvalue weighted by molar-refractivity contribution is 0.550. The van der Waals surface area contributed by atoms with Gasteiger partial charge in [-0.3, -0.25) is 0 Å². The van der Waals surface area contributed by atoms with Gasteiger partial charge in [0.25, 0.3) is 0 Å². The maximum Gasteiger partial charge on any atom is -0.0353 e. The lowest BCUT2D eigenvalue weighted by Crippen LogP contribution is -1.81. The van der Waals surface area contributed by atoms with E-state index < -0.39 is 0 Å². The highest BCUT2D eigenvalue weighted by Gasteiger charge is 1.91.